The van der Waals surface area contributed by atoms with Crippen LogP contribution in [0.1, 0.15) is 39.2 Å². The molecule has 0 amide bonds. The molecule has 0 radical (unpaired) electrons. The van der Waals surface area contributed by atoms with Gasteiger partial charge in [-0.2, -0.15) is 0 Å². The number of fused-ring (bicyclic) bond motifs is 1. The number of aromatic nitrogens is 2. The first-order valence-corrected chi connectivity index (χ1v) is 6.45. The SMILES string of the molecule is CCCC(N)C(CC)n1cnc2ccccc21. The summed E-state index contributed by atoms with van der Waals surface area (Å²) in [4.78, 5) is 4.44. The van der Waals surface area contributed by atoms with Crippen molar-refractivity contribution in [1.29, 1.82) is 0 Å². The van der Waals surface area contributed by atoms with Gasteiger partial charge in [0, 0.05) is 12.1 Å². The second kappa shape index (κ2) is 5.32. The number of imidazole rings is 1. The molecule has 1 heterocycles. The van der Waals surface area contributed by atoms with Crippen LogP contribution in [0.5, 0.6) is 0 Å². The third-order valence-electron chi connectivity index (χ3n) is 3.37. The summed E-state index contributed by atoms with van der Waals surface area (Å²) in [6, 6.07) is 8.79. The number of para-hydroxylation sites is 2. The summed E-state index contributed by atoms with van der Waals surface area (Å²) in [7, 11) is 0. The molecule has 0 aliphatic rings. The van der Waals surface area contributed by atoms with Crippen molar-refractivity contribution in [2.75, 3.05) is 0 Å². The largest absolute Gasteiger partial charge is 0.326 e. The van der Waals surface area contributed by atoms with E-state index in [0.717, 1.165) is 24.8 Å². The lowest BCUT2D eigenvalue weighted by Crippen LogP contribution is -2.31. The highest BCUT2D eigenvalue weighted by Gasteiger charge is 2.18. The summed E-state index contributed by atoms with van der Waals surface area (Å²) in [6.45, 7) is 4.37. The minimum Gasteiger partial charge on any atom is -0.326 e. The highest BCUT2D eigenvalue weighted by Crippen LogP contribution is 2.23. The van der Waals surface area contributed by atoms with Gasteiger partial charge in [0.1, 0.15) is 0 Å². The standard InChI is InChI=1S/C14H21N3/c1-3-7-11(15)13(4-2)17-10-16-12-8-5-6-9-14(12)17/h5-6,8-11,13H,3-4,7,15H2,1-2H3. The molecule has 0 aliphatic carbocycles. The summed E-state index contributed by atoms with van der Waals surface area (Å²) in [5.41, 5.74) is 8.51. The van der Waals surface area contributed by atoms with Crippen molar-refractivity contribution in [3.8, 4) is 0 Å². The maximum absolute atomic E-state index is 6.27. The highest BCUT2D eigenvalue weighted by molar-refractivity contribution is 5.75. The summed E-state index contributed by atoms with van der Waals surface area (Å²) in [5.74, 6) is 0. The lowest BCUT2D eigenvalue weighted by Gasteiger charge is -2.24. The third-order valence-corrected chi connectivity index (χ3v) is 3.37. The van der Waals surface area contributed by atoms with E-state index in [2.05, 4.69) is 35.5 Å². The van der Waals surface area contributed by atoms with E-state index in [4.69, 9.17) is 5.73 Å². The first-order chi connectivity index (χ1) is 8.27. The molecule has 0 saturated carbocycles. The van der Waals surface area contributed by atoms with Crippen molar-refractivity contribution in [2.24, 2.45) is 5.73 Å². The van der Waals surface area contributed by atoms with Gasteiger partial charge in [-0.15, -0.1) is 0 Å². The average Bonchev–Trinajstić information content (AvgIpc) is 2.75. The number of nitrogens with two attached hydrogens (primary N) is 1. The van der Waals surface area contributed by atoms with Crippen molar-refractivity contribution >= 4 is 11.0 Å². The van der Waals surface area contributed by atoms with E-state index in [1.165, 1.54) is 5.52 Å². The van der Waals surface area contributed by atoms with Crippen molar-refractivity contribution in [1.82, 2.24) is 9.55 Å². The Hall–Kier alpha value is -1.35. The Labute approximate surface area is 103 Å². The van der Waals surface area contributed by atoms with Crippen LogP contribution in [-0.4, -0.2) is 15.6 Å². The molecule has 92 valence electrons. The van der Waals surface area contributed by atoms with Crippen LogP contribution in [0, 0.1) is 0 Å². The van der Waals surface area contributed by atoms with Gasteiger partial charge in [0.15, 0.2) is 0 Å². The average molecular weight is 231 g/mol. The van der Waals surface area contributed by atoms with Crippen LogP contribution in [0.3, 0.4) is 0 Å². The quantitative estimate of drug-likeness (QED) is 0.859. The van der Waals surface area contributed by atoms with Gasteiger partial charge in [-0.25, -0.2) is 4.98 Å². The highest BCUT2D eigenvalue weighted by atomic mass is 15.1. The molecule has 0 spiro atoms. The zero-order valence-corrected chi connectivity index (χ0v) is 10.6. The normalized spacial score (nSPS) is 15.0. The first kappa shape index (κ1) is 12.1. The number of nitrogens with zero attached hydrogens (tertiary/aromatic N) is 2. The molecular formula is C14H21N3. The van der Waals surface area contributed by atoms with E-state index in [0.29, 0.717) is 6.04 Å². The fraction of sp³-hybridized carbons (Fsp3) is 0.500. The molecule has 3 nitrogen and oxygen atoms in total. The Morgan fingerprint density at radius 1 is 1.29 bits per heavy atom. The maximum Gasteiger partial charge on any atom is 0.0961 e. The van der Waals surface area contributed by atoms with E-state index in [1.54, 1.807) is 0 Å². The van der Waals surface area contributed by atoms with Gasteiger partial charge < -0.3 is 10.3 Å². The molecule has 2 N–H and O–H groups in total. The van der Waals surface area contributed by atoms with Crippen LogP contribution in [0.2, 0.25) is 0 Å². The Kier molecular flexibility index (Phi) is 3.79. The van der Waals surface area contributed by atoms with Crippen LogP contribution in [0.25, 0.3) is 11.0 Å². The van der Waals surface area contributed by atoms with Crippen LogP contribution in [-0.2, 0) is 0 Å². The summed E-state index contributed by atoms with van der Waals surface area (Å²) in [5, 5.41) is 0. The predicted molar refractivity (Wildman–Crippen MR) is 71.9 cm³/mol. The zero-order valence-electron chi connectivity index (χ0n) is 10.6. The van der Waals surface area contributed by atoms with Crippen molar-refractivity contribution in [3.63, 3.8) is 0 Å². The Morgan fingerprint density at radius 2 is 2.06 bits per heavy atom. The van der Waals surface area contributed by atoms with Gasteiger partial charge >= 0.3 is 0 Å². The molecule has 0 fully saturated rings. The molecule has 17 heavy (non-hydrogen) atoms. The Balaban J connectivity index is 2.36. The van der Waals surface area contributed by atoms with Gasteiger partial charge in [-0.1, -0.05) is 32.4 Å². The van der Waals surface area contributed by atoms with E-state index < -0.39 is 0 Å². The third kappa shape index (κ3) is 2.34. The Morgan fingerprint density at radius 3 is 2.76 bits per heavy atom. The van der Waals surface area contributed by atoms with Gasteiger partial charge in [-0.05, 0) is 25.0 Å². The number of benzene rings is 1. The molecule has 0 bridgehead atoms. The molecule has 2 aromatic rings. The number of hydrogen-bond acceptors (Lipinski definition) is 2. The molecule has 1 aromatic heterocycles. The lowest BCUT2D eigenvalue weighted by atomic mass is 10.0. The molecular weight excluding hydrogens is 210 g/mol. The second-order valence-corrected chi connectivity index (χ2v) is 4.57. The number of rotatable bonds is 5. The van der Waals surface area contributed by atoms with E-state index >= 15 is 0 Å². The molecule has 2 rings (SSSR count). The molecule has 2 unspecified atom stereocenters. The molecule has 0 saturated heterocycles. The smallest absolute Gasteiger partial charge is 0.0961 e. The number of hydrogen-bond donors (Lipinski definition) is 1. The summed E-state index contributed by atoms with van der Waals surface area (Å²) in [6.07, 6.45) is 5.16. The van der Waals surface area contributed by atoms with E-state index in [9.17, 15) is 0 Å². The Bertz CT molecular complexity index is 475. The minimum atomic E-state index is 0.211. The van der Waals surface area contributed by atoms with Crippen molar-refractivity contribution < 1.29 is 0 Å². The second-order valence-electron chi connectivity index (χ2n) is 4.57. The summed E-state index contributed by atoms with van der Waals surface area (Å²) >= 11 is 0. The monoisotopic (exact) mass is 231 g/mol. The fourth-order valence-electron chi connectivity index (χ4n) is 2.47. The zero-order chi connectivity index (χ0) is 12.3. The molecule has 2 atom stereocenters. The van der Waals surface area contributed by atoms with Crippen LogP contribution >= 0.6 is 0 Å². The van der Waals surface area contributed by atoms with Gasteiger partial charge in [-0.3, -0.25) is 0 Å². The first-order valence-electron chi connectivity index (χ1n) is 6.45. The van der Waals surface area contributed by atoms with Crippen molar-refractivity contribution in [2.45, 2.75) is 45.2 Å². The van der Waals surface area contributed by atoms with E-state index in [-0.39, 0.29) is 6.04 Å². The van der Waals surface area contributed by atoms with Crippen LogP contribution < -0.4 is 5.73 Å². The predicted octanol–water partition coefficient (Wildman–Crippen LogP) is 3.11. The lowest BCUT2D eigenvalue weighted by molar-refractivity contribution is 0.385. The van der Waals surface area contributed by atoms with Crippen molar-refractivity contribution in [3.05, 3.63) is 30.6 Å². The van der Waals surface area contributed by atoms with Gasteiger partial charge in [0.2, 0.25) is 0 Å². The van der Waals surface area contributed by atoms with E-state index in [1.807, 2.05) is 18.5 Å². The molecule has 3 heteroatoms. The topological polar surface area (TPSA) is 43.8 Å². The maximum atomic E-state index is 6.27. The molecule has 1 aromatic carbocycles. The summed E-state index contributed by atoms with van der Waals surface area (Å²) < 4.78 is 2.23. The fourth-order valence-corrected chi connectivity index (χ4v) is 2.47. The van der Waals surface area contributed by atoms with Gasteiger partial charge in [0.25, 0.3) is 0 Å². The minimum absolute atomic E-state index is 0.211. The van der Waals surface area contributed by atoms with Crippen LogP contribution in [0.15, 0.2) is 30.6 Å². The van der Waals surface area contributed by atoms with Gasteiger partial charge in [0.05, 0.1) is 17.4 Å². The van der Waals surface area contributed by atoms with Crippen LogP contribution in [0.4, 0.5) is 0 Å². The molecule has 0 aliphatic heterocycles.